The molecule has 0 aromatic carbocycles. The molecule has 1 saturated carbocycles. The average Bonchev–Trinajstić information content (AvgIpc) is 3.26. The van der Waals surface area contributed by atoms with Crippen LogP contribution < -0.4 is 0 Å². The van der Waals surface area contributed by atoms with Gasteiger partial charge in [-0.15, -0.1) is 0 Å². The Labute approximate surface area is 382 Å². The van der Waals surface area contributed by atoms with Gasteiger partial charge in [-0.25, -0.2) is 4.79 Å². The van der Waals surface area contributed by atoms with E-state index in [0.29, 0.717) is 63.4 Å². The number of rotatable bonds is 5. The molecule has 0 spiro atoms. The minimum Gasteiger partial charge on any atom is -0.460 e. The van der Waals surface area contributed by atoms with E-state index in [0.717, 1.165) is 12.0 Å². The fraction of sp³-hybridized carbons (Fsp3) is 0.745. The fourth-order valence-corrected chi connectivity index (χ4v) is 10.0. The number of allylic oxidation sites excluding steroid dienone is 7. The maximum atomic E-state index is 14.3. The summed E-state index contributed by atoms with van der Waals surface area (Å²) in [7, 11) is 2.95. The van der Waals surface area contributed by atoms with E-state index >= 15 is 0 Å². The molecule has 3 N–H and O–H groups in total. The molecule has 3 fully saturated rings. The first-order valence-corrected chi connectivity index (χ1v) is 23.9. The second-order valence-electron chi connectivity index (χ2n) is 19.8. The molecule has 13 nitrogen and oxygen atoms in total. The number of ether oxygens (including phenoxy) is 4. The van der Waals surface area contributed by atoms with Gasteiger partial charge in [0.25, 0.3) is 11.7 Å². The number of nitrogens with zero attached hydrogens (tertiary/aromatic N) is 1. The first kappa shape index (κ1) is 53.3. The van der Waals surface area contributed by atoms with Gasteiger partial charge in [0, 0.05) is 44.9 Å². The van der Waals surface area contributed by atoms with Crippen LogP contribution in [0.15, 0.2) is 47.6 Å². The number of fused-ring (bicyclic) bond motifs is 3. The Kier molecular flexibility index (Phi) is 20.4. The van der Waals surface area contributed by atoms with Crippen LogP contribution in [0.25, 0.3) is 0 Å². The summed E-state index contributed by atoms with van der Waals surface area (Å²) in [5.74, 6) is -7.66. The van der Waals surface area contributed by atoms with Gasteiger partial charge < -0.3 is 39.2 Å². The van der Waals surface area contributed by atoms with Crippen LogP contribution in [-0.2, 0) is 42.9 Å². The van der Waals surface area contributed by atoms with Crippen molar-refractivity contribution in [2.45, 2.75) is 181 Å². The van der Waals surface area contributed by atoms with Crippen LogP contribution in [0.1, 0.15) is 132 Å². The van der Waals surface area contributed by atoms with Gasteiger partial charge in [-0.3, -0.25) is 19.2 Å². The molecule has 360 valence electrons. The quantitative estimate of drug-likeness (QED) is 0.149. The maximum absolute atomic E-state index is 14.3. The lowest BCUT2D eigenvalue weighted by Gasteiger charge is -2.42. The zero-order chi connectivity index (χ0) is 47.5. The Balaban J connectivity index is 1.69. The molecule has 1 aliphatic carbocycles. The van der Waals surface area contributed by atoms with Crippen molar-refractivity contribution in [3.63, 3.8) is 0 Å². The van der Waals surface area contributed by atoms with E-state index in [2.05, 4.69) is 0 Å². The molecule has 2 bridgehead atoms. The monoisotopic (exact) mass is 898 g/mol. The summed E-state index contributed by atoms with van der Waals surface area (Å²) in [6.45, 7) is 15.0. The summed E-state index contributed by atoms with van der Waals surface area (Å²) in [6, 6.07) is -1.12. The van der Waals surface area contributed by atoms with Crippen LogP contribution in [0.2, 0.25) is 0 Å². The van der Waals surface area contributed by atoms with E-state index in [1.165, 1.54) is 12.0 Å². The SMILES string of the molecule is CO[C@@H]1CC(C[C@@H](C)[C@@H]2CC(=O)[C@H](C)/C=C(\C)[C@@H](O)[C@@H](OC)C(=O)[C@H](C)C[C@H](C)/C=C/C=C/C=C(\C)C(C)C[C@@H]3CC[C@@H](C)[C@@](O)(O3)C(=O)C(=O)N3CCCC[C@H]3C(=O)O2)CC[C@@H]1O. The number of Topliss-reactive ketones (excluding diaryl/α,β-unsaturated/α-hetero) is 3. The number of hydrogen-bond acceptors (Lipinski definition) is 12. The third kappa shape index (κ3) is 13.9. The molecule has 0 radical (unpaired) electrons. The summed E-state index contributed by atoms with van der Waals surface area (Å²) in [6.07, 6.45) is 12.5. The van der Waals surface area contributed by atoms with Crippen molar-refractivity contribution in [2.75, 3.05) is 20.8 Å². The van der Waals surface area contributed by atoms with Gasteiger partial charge >= 0.3 is 5.97 Å². The number of amides is 1. The minimum absolute atomic E-state index is 0.0315. The van der Waals surface area contributed by atoms with Crippen molar-refractivity contribution in [3.05, 3.63) is 47.6 Å². The molecule has 3 aliphatic heterocycles. The van der Waals surface area contributed by atoms with Crippen LogP contribution in [0, 0.1) is 41.4 Å². The standard InChI is InChI=1S/C51H79NO12/c1-30-16-12-11-13-17-31(2)32(3)27-39-21-19-37(8)51(60,64-39)48(57)49(58)52-23-15-14-18-40(52)50(59)63-43(34(5)26-38-20-22-41(53)44(28-38)61-9)29-42(54)33(4)25-36(7)46(56)47(62-10)45(55)35(6)24-30/h11-13,16-17,25,30,32-35,37-41,43-44,46-47,53,56,60H,14-15,18-24,26-29H2,1-10H3/b13-11+,16-12+,31-17+,36-25+/t30-,32?,33-,34-,35-,37-,38?,39+,40+,41+,43+,44-,46-,47+,51-/m1/s1. The molecule has 2 saturated heterocycles. The topological polar surface area (TPSA) is 186 Å². The number of hydrogen-bond donors (Lipinski definition) is 3. The first-order chi connectivity index (χ1) is 30.2. The highest BCUT2D eigenvalue weighted by atomic mass is 16.6. The van der Waals surface area contributed by atoms with Gasteiger partial charge in [0.2, 0.25) is 5.79 Å². The van der Waals surface area contributed by atoms with Crippen LogP contribution in [0.4, 0.5) is 0 Å². The molecule has 0 aromatic rings. The zero-order valence-electron chi connectivity index (χ0n) is 40.2. The van der Waals surface area contributed by atoms with E-state index < -0.39 is 77.8 Å². The first-order valence-electron chi connectivity index (χ1n) is 23.9. The maximum Gasteiger partial charge on any atom is 0.329 e. The molecule has 2 unspecified atom stereocenters. The molecular formula is C51H79NO12. The van der Waals surface area contributed by atoms with Crippen LogP contribution in [0.3, 0.4) is 0 Å². The second-order valence-corrected chi connectivity index (χ2v) is 19.8. The molecule has 15 atom stereocenters. The number of aliphatic hydroxyl groups excluding tert-OH is 2. The van der Waals surface area contributed by atoms with Crippen molar-refractivity contribution >= 4 is 29.2 Å². The van der Waals surface area contributed by atoms with Crippen LogP contribution >= 0.6 is 0 Å². The van der Waals surface area contributed by atoms with Crippen LogP contribution in [0.5, 0.6) is 0 Å². The number of ketones is 3. The number of carbonyl (C=O) groups is 5. The predicted molar refractivity (Wildman–Crippen MR) is 244 cm³/mol. The third-order valence-corrected chi connectivity index (χ3v) is 14.6. The van der Waals surface area contributed by atoms with E-state index in [9.17, 15) is 39.3 Å². The minimum atomic E-state index is -2.37. The Hall–Kier alpha value is -3.33. The Morgan fingerprint density at radius 3 is 2.25 bits per heavy atom. The number of methoxy groups -OCH3 is 2. The van der Waals surface area contributed by atoms with Crippen molar-refractivity contribution in [1.29, 1.82) is 0 Å². The number of cyclic esters (lactones) is 1. The number of carbonyl (C=O) groups excluding carboxylic acids is 5. The molecular weight excluding hydrogens is 819 g/mol. The van der Waals surface area contributed by atoms with Gasteiger partial charge in [-0.05, 0) is 114 Å². The number of esters is 1. The zero-order valence-corrected chi connectivity index (χ0v) is 40.2. The smallest absolute Gasteiger partial charge is 0.329 e. The van der Waals surface area contributed by atoms with Crippen LogP contribution in [-0.4, -0.2) is 119 Å². The summed E-state index contributed by atoms with van der Waals surface area (Å²) in [5, 5.41) is 33.8. The largest absolute Gasteiger partial charge is 0.460 e. The summed E-state index contributed by atoms with van der Waals surface area (Å²) >= 11 is 0. The lowest BCUT2D eigenvalue weighted by molar-refractivity contribution is -0.264. The molecule has 1 amide bonds. The van der Waals surface area contributed by atoms with Gasteiger partial charge in [0.15, 0.2) is 5.78 Å². The Morgan fingerprint density at radius 1 is 0.844 bits per heavy atom. The lowest BCUT2D eigenvalue weighted by atomic mass is 9.78. The fourth-order valence-electron chi connectivity index (χ4n) is 10.0. The number of aliphatic hydroxyl groups is 3. The molecule has 13 heteroatoms. The summed E-state index contributed by atoms with van der Waals surface area (Å²) in [5.41, 5.74) is 1.46. The second kappa shape index (κ2) is 24.4. The average molecular weight is 898 g/mol. The number of piperidine rings is 1. The van der Waals surface area contributed by atoms with E-state index in [4.69, 9.17) is 18.9 Å². The molecule has 64 heavy (non-hydrogen) atoms. The van der Waals surface area contributed by atoms with Crippen molar-refractivity contribution in [2.24, 2.45) is 41.4 Å². The van der Waals surface area contributed by atoms with E-state index in [1.807, 2.05) is 65.0 Å². The highest BCUT2D eigenvalue weighted by Gasteiger charge is 2.53. The Bertz CT molecular complexity index is 1740. The van der Waals surface area contributed by atoms with Gasteiger partial charge in [0.05, 0.1) is 18.3 Å². The van der Waals surface area contributed by atoms with Crippen molar-refractivity contribution < 1.29 is 58.2 Å². The summed E-state index contributed by atoms with van der Waals surface area (Å²) in [4.78, 5) is 71.7. The van der Waals surface area contributed by atoms with Crippen molar-refractivity contribution in [3.8, 4) is 0 Å². The van der Waals surface area contributed by atoms with E-state index in [1.54, 1.807) is 34.0 Å². The lowest BCUT2D eigenvalue weighted by Crippen LogP contribution is -2.60. The highest BCUT2D eigenvalue weighted by molar-refractivity contribution is 6.39. The normalized spacial score (nSPS) is 40.9. The summed E-state index contributed by atoms with van der Waals surface area (Å²) < 4.78 is 23.6. The molecule has 4 rings (SSSR count). The highest BCUT2D eigenvalue weighted by Crippen LogP contribution is 2.38. The third-order valence-electron chi connectivity index (χ3n) is 14.6. The molecule has 3 heterocycles. The molecule has 4 aliphatic rings. The van der Waals surface area contributed by atoms with Gasteiger partial charge in [0.1, 0.15) is 30.1 Å². The Morgan fingerprint density at radius 2 is 1.56 bits per heavy atom. The van der Waals surface area contributed by atoms with E-state index in [-0.39, 0.29) is 60.7 Å². The van der Waals surface area contributed by atoms with Gasteiger partial charge in [-0.2, -0.15) is 0 Å². The van der Waals surface area contributed by atoms with Gasteiger partial charge in [-0.1, -0.05) is 83.6 Å². The predicted octanol–water partition coefficient (Wildman–Crippen LogP) is 6.80. The van der Waals surface area contributed by atoms with Crippen molar-refractivity contribution in [1.82, 2.24) is 4.90 Å². The molecule has 0 aromatic heterocycles.